The lowest BCUT2D eigenvalue weighted by atomic mass is 10.2. The molecule has 0 N–H and O–H groups in total. The molecule has 32 heavy (non-hydrogen) atoms. The van der Waals surface area contributed by atoms with Crippen LogP contribution < -0.4 is 4.90 Å². The molecule has 1 aromatic heterocycles. The highest BCUT2D eigenvalue weighted by atomic mass is 32.2. The van der Waals surface area contributed by atoms with Gasteiger partial charge in [-0.25, -0.2) is 4.39 Å². The van der Waals surface area contributed by atoms with E-state index in [4.69, 9.17) is 4.42 Å². The van der Waals surface area contributed by atoms with Gasteiger partial charge in [0.05, 0.1) is 23.9 Å². The molecule has 2 heterocycles. The number of carbonyl (C=O) groups excluding carboxylic acids is 1. The average Bonchev–Trinajstić information content (AvgIpc) is 3.40. The molecule has 8 heteroatoms. The number of nitrogens with zero attached hydrogens (tertiary/aromatic N) is 4. The maximum absolute atomic E-state index is 13.2. The Bertz CT molecular complexity index is 1170. The Kier molecular flexibility index (Phi) is 6.51. The maximum Gasteiger partial charge on any atom is 0.267 e. The third kappa shape index (κ3) is 5.15. The molecule has 1 aliphatic heterocycles. The molecule has 0 bridgehead atoms. The van der Waals surface area contributed by atoms with Crippen LogP contribution in [0.25, 0.3) is 6.08 Å². The number of thioether (sulfide) groups is 1. The van der Waals surface area contributed by atoms with Crippen molar-refractivity contribution in [2.45, 2.75) is 6.54 Å². The first-order chi connectivity index (χ1) is 15.5. The van der Waals surface area contributed by atoms with Crippen LogP contribution in [-0.4, -0.2) is 36.3 Å². The highest BCUT2D eigenvalue weighted by Crippen LogP contribution is 2.33. The van der Waals surface area contributed by atoms with E-state index in [-0.39, 0.29) is 18.3 Å². The van der Waals surface area contributed by atoms with Crippen molar-refractivity contribution in [2.24, 2.45) is 10.2 Å². The lowest BCUT2D eigenvalue weighted by Gasteiger charge is -2.12. The van der Waals surface area contributed by atoms with Crippen molar-refractivity contribution < 1.29 is 13.6 Å². The summed E-state index contributed by atoms with van der Waals surface area (Å²) in [6, 6.07) is 17.4. The maximum atomic E-state index is 13.2. The molecule has 0 atom stereocenters. The highest BCUT2D eigenvalue weighted by molar-refractivity contribution is 8.18. The SMILES string of the molecule is CN(C)c1ccc(/C=N/N=C2\S/C(=C\c3ccc(F)cc3)C(=O)N2Cc2ccco2)cc1. The normalized spacial score (nSPS) is 16.6. The van der Waals surface area contributed by atoms with Crippen LogP contribution in [0.15, 0.2) is 86.5 Å². The minimum Gasteiger partial charge on any atom is -0.467 e. The second-order valence-electron chi connectivity index (χ2n) is 7.25. The number of carbonyl (C=O) groups is 1. The molecule has 3 aromatic rings. The van der Waals surface area contributed by atoms with E-state index in [0.29, 0.717) is 15.8 Å². The van der Waals surface area contributed by atoms with Gasteiger partial charge in [-0.05, 0) is 65.4 Å². The predicted molar refractivity (Wildman–Crippen MR) is 127 cm³/mol. The second kappa shape index (κ2) is 9.65. The van der Waals surface area contributed by atoms with Crippen molar-refractivity contribution in [3.05, 3.63) is 94.5 Å². The van der Waals surface area contributed by atoms with Gasteiger partial charge in [-0.1, -0.05) is 24.3 Å². The van der Waals surface area contributed by atoms with E-state index >= 15 is 0 Å². The standard InChI is InChI=1S/C24H21FN4O2S/c1-28(2)20-11-7-18(8-12-20)15-26-27-24-29(16-21-4-3-13-31-21)23(30)22(32-24)14-17-5-9-19(25)10-6-17/h3-15H,16H2,1-2H3/b22-14-,26-15+,27-24-. The minimum absolute atomic E-state index is 0.208. The van der Waals surface area contributed by atoms with E-state index < -0.39 is 0 Å². The minimum atomic E-state index is -0.327. The Morgan fingerprint density at radius 3 is 2.44 bits per heavy atom. The van der Waals surface area contributed by atoms with Crippen LogP contribution in [0.1, 0.15) is 16.9 Å². The topological polar surface area (TPSA) is 61.4 Å². The summed E-state index contributed by atoms with van der Waals surface area (Å²) in [4.78, 5) is 17.0. The molecule has 1 saturated heterocycles. The number of hydrogen-bond donors (Lipinski definition) is 0. The van der Waals surface area contributed by atoms with E-state index in [2.05, 4.69) is 10.2 Å². The quantitative estimate of drug-likeness (QED) is 0.303. The van der Waals surface area contributed by atoms with Gasteiger partial charge in [0.25, 0.3) is 5.91 Å². The molecule has 0 radical (unpaired) electrons. The van der Waals surface area contributed by atoms with Crippen molar-refractivity contribution >= 4 is 40.8 Å². The van der Waals surface area contributed by atoms with Gasteiger partial charge in [-0.15, -0.1) is 5.10 Å². The summed E-state index contributed by atoms with van der Waals surface area (Å²) >= 11 is 1.22. The number of halogens is 1. The van der Waals surface area contributed by atoms with Gasteiger partial charge in [0.1, 0.15) is 11.6 Å². The van der Waals surface area contributed by atoms with Crippen LogP contribution in [-0.2, 0) is 11.3 Å². The molecule has 4 rings (SSSR count). The van der Waals surface area contributed by atoms with Crippen LogP contribution in [0.2, 0.25) is 0 Å². The van der Waals surface area contributed by atoms with Gasteiger partial charge in [0, 0.05) is 19.8 Å². The summed E-state index contributed by atoms with van der Waals surface area (Å²) < 4.78 is 18.6. The molecule has 1 fully saturated rings. The summed E-state index contributed by atoms with van der Waals surface area (Å²) in [7, 11) is 3.96. The smallest absolute Gasteiger partial charge is 0.267 e. The predicted octanol–water partition coefficient (Wildman–Crippen LogP) is 4.99. The molecular formula is C24H21FN4O2S. The first kappa shape index (κ1) is 21.6. The first-order valence-electron chi connectivity index (χ1n) is 9.87. The second-order valence-corrected chi connectivity index (χ2v) is 8.26. The van der Waals surface area contributed by atoms with Gasteiger partial charge in [0.2, 0.25) is 0 Å². The fourth-order valence-electron chi connectivity index (χ4n) is 2.99. The number of amidine groups is 1. The Morgan fingerprint density at radius 2 is 1.78 bits per heavy atom. The number of anilines is 1. The van der Waals surface area contributed by atoms with Crippen LogP contribution in [0, 0.1) is 5.82 Å². The third-order valence-corrected chi connectivity index (χ3v) is 5.71. The largest absolute Gasteiger partial charge is 0.467 e. The van der Waals surface area contributed by atoms with Crippen molar-refractivity contribution in [3.8, 4) is 0 Å². The zero-order chi connectivity index (χ0) is 22.5. The number of furan rings is 1. The summed E-state index contributed by atoms with van der Waals surface area (Å²) in [5, 5.41) is 8.93. The van der Waals surface area contributed by atoms with Crippen LogP contribution in [0.5, 0.6) is 0 Å². The Hall–Kier alpha value is -3.65. The van der Waals surface area contributed by atoms with E-state index in [0.717, 1.165) is 16.8 Å². The van der Waals surface area contributed by atoms with E-state index in [9.17, 15) is 9.18 Å². The monoisotopic (exact) mass is 448 g/mol. The van der Waals surface area contributed by atoms with E-state index in [1.165, 1.54) is 28.8 Å². The Morgan fingerprint density at radius 1 is 1.06 bits per heavy atom. The lowest BCUT2D eigenvalue weighted by molar-refractivity contribution is -0.122. The fourth-order valence-corrected chi connectivity index (χ4v) is 3.93. The Balaban J connectivity index is 1.58. The molecule has 1 aliphatic rings. The van der Waals surface area contributed by atoms with Crippen molar-refractivity contribution in [1.82, 2.24) is 4.90 Å². The molecule has 0 unspecified atom stereocenters. The molecule has 0 saturated carbocycles. The summed E-state index contributed by atoms with van der Waals surface area (Å²) in [5.74, 6) is 0.102. The molecule has 162 valence electrons. The lowest BCUT2D eigenvalue weighted by Crippen LogP contribution is -2.28. The number of rotatable bonds is 6. The van der Waals surface area contributed by atoms with Crippen molar-refractivity contribution in [3.63, 3.8) is 0 Å². The molecule has 0 spiro atoms. The molecule has 0 aliphatic carbocycles. The van der Waals surface area contributed by atoms with E-state index in [1.807, 2.05) is 43.3 Å². The first-order valence-corrected chi connectivity index (χ1v) is 10.7. The van der Waals surface area contributed by atoms with Crippen LogP contribution in [0.4, 0.5) is 10.1 Å². The van der Waals surface area contributed by atoms with Gasteiger partial charge in [0.15, 0.2) is 5.17 Å². The molecular weight excluding hydrogens is 427 g/mol. The third-order valence-electron chi connectivity index (χ3n) is 4.71. The average molecular weight is 449 g/mol. The highest BCUT2D eigenvalue weighted by Gasteiger charge is 2.34. The summed E-state index contributed by atoms with van der Waals surface area (Å²) in [5.41, 5.74) is 2.71. The summed E-state index contributed by atoms with van der Waals surface area (Å²) in [6.45, 7) is 0.242. The number of benzene rings is 2. The zero-order valence-electron chi connectivity index (χ0n) is 17.6. The van der Waals surface area contributed by atoms with Gasteiger partial charge in [-0.2, -0.15) is 5.10 Å². The number of hydrogen-bond acceptors (Lipinski definition) is 6. The fraction of sp³-hybridized carbons (Fsp3) is 0.125. The van der Waals surface area contributed by atoms with Crippen LogP contribution >= 0.6 is 11.8 Å². The summed E-state index contributed by atoms with van der Waals surface area (Å²) in [6.07, 6.45) is 4.92. The zero-order valence-corrected chi connectivity index (χ0v) is 18.4. The Labute approximate surface area is 189 Å². The van der Waals surface area contributed by atoms with Gasteiger partial charge in [-0.3, -0.25) is 9.69 Å². The van der Waals surface area contributed by atoms with E-state index in [1.54, 1.807) is 42.8 Å². The molecule has 6 nitrogen and oxygen atoms in total. The van der Waals surface area contributed by atoms with Gasteiger partial charge >= 0.3 is 0 Å². The van der Waals surface area contributed by atoms with Gasteiger partial charge < -0.3 is 9.32 Å². The van der Waals surface area contributed by atoms with Crippen molar-refractivity contribution in [2.75, 3.05) is 19.0 Å². The molecule has 1 amide bonds. The van der Waals surface area contributed by atoms with Crippen LogP contribution in [0.3, 0.4) is 0 Å². The molecule has 2 aromatic carbocycles. The van der Waals surface area contributed by atoms with Crippen molar-refractivity contribution in [1.29, 1.82) is 0 Å². The number of amides is 1.